The number of primary amides is 1. The van der Waals surface area contributed by atoms with E-state index in [-0.39, 0.29) is 12.3 Å². The lowest BCUT2D eigenvalue weighted by molar-refractivity contribution is -0.117. The van der Waals surface area contributed by atoms with Crippen LogP contribution in [0.3, 0.4) is 0 Å². The van der Waals surface area contributed by atoms with E-state index in [1.165, 1.54) is 0 Å². The Morgan fingerprint density at radius 3 is 3.20 bits per heavy atom. The smallest absolute Gasteiger partial charge is 0.219 e. The molecule has 0 spiro atoms. The van der Waals surface area contributed by atoms with Gasteiger partial charge in [-0.1, -0.05) is 0 Å². The quantitative estimate of drug-likeness (QED) is 0.783. The van der Waals surface area contributed by atoms with Crippen LogP contribution in [0.2, 0.25) is 0 Å². The van der Waals surface area contributed by atoms with Gasteiger partial charge in [-0.3, -0.25) is 4.79 Å². The third-order valence-corrected chi connectivity index (χ3v) is 2.04. The Balaban J connectivity index is 2.13. The average molecular weight is 205 g/mol. The van der Waals surface area contributed by atoms with E-state index in [9.17, 15) is 4.79 Å². The van der Waals surface area contributed by atoms with Gasteiger partial charge in [-0.15, -0.1) is 0 Å². The van der Waals surface area contributed by atoms with Crippen LogP contribution in [0.4, 0.5) is 5.82 Å². The number of amides is 1. The molecule has 0 atom stereocenters. The highest BCUT2D eigenvalue weighted by molar-refractivity contribution is 5.88. The lowest BCUT2D eigenvalue weighted by Crippen LogP contribution is -2.16. The molecule has 2 aromatic heterocycles. The second-order valence-corrected chi connectivity index (χ2v) is 3.14. The van der Waals surface area contributed by atoms with E-state index >= 15 is 0 Å². The van der Waals surface area contributed by atoms with Crippen LogP contribution in [0, 0.1) is 0 Å². The Bertz CT molecular complexity index is 478. The van der Waals surface area contributed by atoms with E-state index in [1.54, 1.807) is 18.5 Å². The summed E-state index contributed by atoms with van der Waals surface area (Å²) in [5.41, 5.74) is 5.80. The maximum Gasteiger partial charge on any atom is 0.219 e. The molecule has 3 N–H and O–H groups in total. The molecule has 0 radical (unpaired) electrons. The number of anilines is 1. The second-order valence-electron chi connectivity index (χ2n) is 3.14. The van der Waals surface area contributed by atoms with E-state index < -0.39 is 0 Å². The second kappa shape index (κ2) is 4.00. The van der Waals surface area contributed by atoms with Crippen molar-refractivity contribution < 1.29 is 9.21 Å². The molecule has 0 aliphatic carbocycles. The molecule has 78 valence electrons. The van der Waals surface area contributed by atoms with Crippen molar-refractivity contribution >= 4 is 22.7 Å². The van der Waals surface area contributed by atoms with Crippen molar-refractivity contribution in [2.75, 3.05) is 11.9 Å². The van der Waals surface area contributed by atoms with E-state index in [0.717, 1.165) is 11.0 Å². The molecule has 0 aromatic carbocycles. The summed E-state index contributed by atoms with van der Waals surface area (Å²) in [7, 11) is 0. The van der Waals surface area contributed by atoms with Crippen LogP contribution >= 0.6 is 0 Å². The average Bonchev–Trinajstić information content (AvgIpc) is 2.65. The van der Waals surface area contributed by atoms with Gasteiger partial charge in [0.2, 0.25) is 5.91 Å². The minimum Gasteiger partial charge on any atom is -0.464 e. The zero-order chi connectivity index (χ0) is 10.7. The third-order valence-electron chi connectivity index (χ3n) is 2.04. The molecular formula is C10H11N3O2. The topological polar surface area (TPSA) is 81.2 Å². The number of carbonyl (C=O) groups excluding carboxylic acids is 1. The van der Waals surface area contributed by atoms with Crippen LogP contribution in [0.25, 0.3) is 11.0 Å². The van der Waals surface area contributed by atoms with Crippen LogP contribution in [0.15, 0.2) is 29.0 Å². The zero-order valence-electron chi connectivity index (χ0n) is 8.06. The first-order valence-electron chi connectivity index (χ1n) is 4.62. The molecule has 0 fully saturated rings. The van der Waals surface area contributed by atoms with Crippen molar-refractivity contribution in [2.45, 2.75) is 6.42 Å². The van der Waals surface area contributed by atoms with Crippen molar-refractivity contribution in [1.29, 1.82) is 0 Å². The predicted octanol–water partition coefficient (Wildman–Crippen LogP) is 1.12. The van der Waals surface area contributed by atoms with Crippen LogP contribution in [0.5, 0.6) is 0 Å². The molecule has 0 bridgehead atoms. The van der Waals surface area contributed by atoms with Gasteiger partial charge in [0.25, 0.3) is 0 Å². The molecule has 0 saturated carbocycles. The van der Waals surface area contributed by atoms with Gasteiger partial charge >= 0.3 is 0 Å². The number of aromatic nitrogens is 1. The Labute approximate surface area is 86.3 Å². The highest BCUT2D eigenvalue weighted by Crippen LogP contribution is 2.21. The number of fused-ring (bicyclic) bond motifs is 1. The Morgan fingerprint density at radius 1 is 1.53 bits per heavy atom. The number of nitrogens with zero attached hydrogens (tertiary/aromatic N) is 1. The van der Waals surface area contributed by atoms with Gasteiger partial charge in [0.05, 0.1) is 11.6 Å². The first-order chi connectivity index (χ1) is 7.27. The highest BCUT2D eigenvalue weighted by atomic mass is 16.3. The molecule has 0 aliphatic heterocycles. The van der Waals surface area contributed by atoms with Crippen molar-refractivity contribution in [1.82, 2.24) is 4.98 Å². The number of nitrogens with one attached hydrogen (secondary N) is 1. The molecule has 0 saturated heterocycles. The summed E-state index contributed by atoms with van der Waals surface area (Å²) in [5, 5.41) is 3.94. The minimum absolute atomic E-state index is 0.288. The van der Waals surface area contributed by atoms with Gasteiger partial charge < -0.3 is 15.5 Å². The molecule has 2 heterocycles. The number of carbonyl (C=O) groups is 1. The molecule has 5 heteroatoms. The molecule has 5 nitrogen and oxygen atoms in total. The van der Waals surface area contributed by atoms with Crippen molar-refractivity contribution in [3.63, 3.8) is 0 Å². The summed E-state index contributed by atoms with van der Waals surface area (Å²) in [5.74, 6) is 0.379. The van der Waals surface area contributed by atoms with E-state index in [0.29, 0.717) is 12.4 Å². The summed E-state index contributed by atoms with van der Waals surface area (Å²) in [6.07, 6.45) is 3.54. The summed E-state index contributed by atoms with van der Waals surface area (Å²) < 4.78 is 5.21. The van der Waals surface area contributed by atoms with Crippen molar-refractivity contribution in [2.24, 2.45) is 5.73 Å². The van der Waals surface area contributed by atoms with Crippen molar-refractivity contribution in [3.05, 3.63) is 24.6 Å². The maximum absolute atomic E-state index is 10.5. The number of nitrogens with two attached hydrogens (primary N) is 1. The molecular weight excluding hydrogens is 194 g/mol. The minimum atomic E-state index is -0.332. The number of furan rings is 1. The number of hydrogen-bond donors (Lipinski definition) is 2. The van der Waals surface area contributed by atoms with Crippen LogP contribution in [-0.4, -0.2) is 17.4 Å². The monoisotopic (exact) mass is 205 g/mol. The van der Waals surface area contributed by atoms with Crippen LogP contribution < -0.4 is 11.1 Å². The first kappa shape index (κ1) is 9.51. The summed E-state index contributed by atoms with van der Waals surface area (Å²) in [4.78, 5) is 14.7. The van der Waals surface area contributed by atoms with Gasteiger partial charge in [0.1, 0.15) is 11.4 Å². The molecule has 15 heavy (non-hydrogen) atoms. The Morgan fingerprint density at radius 2 is 2.40 bits per heavy atom. The molecule has 0 unspecified atom stereocenters. The molecule has 0 aliphatic rings. The van der Waals surface area contributed by atoms with Crippen molar-refractivity contribution in [3.8, 4) is 0 Å². The SMILES string of the molecule is NC(=O)CCNc1nccc2occc12. The summed E-state index contributed by atoms with van der Waals surface area (Å²) in [6, 6.07) is 3.61. The van der Waals surface area contributed by atoms with E-state index in [4.69, 9.17) is 10.2 Å². The lowest BCUT2D eigenvalue weighted by atomic mass is 10.3. The Hall–Kier alpha value is -2.04. The van der Waals surface area contributed by atoms with Gasteiger partial charge in [-0.2, -0.15) is 0 Å². The standard InChI is InChI=1S/C10H11N3O2/c11-9(14)2-5-13-10-7-3-6-15-8(7)1-4-12-10/h1,3-4,6H,2,5H2,(H2,11,14)(H,12,13). The van der Waals surface area contributed by atoms with Gasteiger partial charge in [0.15, 0.2) is 0 Å². The predicted molar refractivity (Wildman–Crippen MR) is 56.3 cm³/mol. The zero-order valence-corrected chi connectivity index (χ0v) is 8.06. The van der Waals surface area contributed by atoms with Gasteiger partial charge in [0, 0.05) is 19.2 Å². The largest absolute Gasteiger partial charge is 0.464 e. The van der Waals surface area contributed by atoms with E-state index in [2.05, 4.69) is 10.3 Å². The van der Waals surface area contributed by atoms with Gasteiger partial charge in [-0.25, -0.2) is 4.98 Å². The highest BCUT2D eigenvalue weighted by Gasteiger charge is 2.03. The maximum atomic E-state index is 10.5. The fraction of sp³-hybridized carbons (Fsp3) is 0.200. The lowest BCUT2D eigenvalue weighted by Gasteiger charge is -2.03. The van der Waals surface area contributed by atoms with Gasteiger partial charge in [-0.05, 0) is 12.1 Å². The number of pyridine rings is 1. The number of hydrogen-bond acceptors (Lipinski definition) is 4. The fourth-order valence-corrected chi connectivity index (χ4v) is 1.34. The third kappa shape index (κ3) is 2.07. The molecule has 2 rings (SSSR count). The number of rotatable bonds is 4. The first-order valence-corrected chi connectivity index (χ1v) is 4.62. The van der Waals surface area contributed by atoms with E-state index in [1.807, 2.05) is 6.07 Å². The summed E-state index contributed by atoms with van der Waals surface area (Å²) in [6.45, 7) is 0.479. The normalized spacial score (nSPS) is 10.4. The molecule has 2 aromatic rings. The molecule has 1 amide bonds. The Kier molecular flexibility index (Phi) is 2.53. The summed E-state index contributed by atoms with van der Waals surface area (Å²) >= 11 is 0. The fourth-order valence-electron chi connectivity index (χ4n) is 1.34. The van der Waals surface area contributed by atoms with Crippen LogP contribution in [0.1, 0.15) is 6.42 Å². The van der Waals surface area contributed by atoms with Crippen LogP contribution in [-0.2, 0) is 4.79 Å².